The van der Waals surface area contributed by atoms with E-state index >= 15 is 0 Å². The first-order chi connectivity index (χ1) is 8.59. The van der Waals surface area contributed by atoms with Crippen LogP contribution >= 0.6 is 27.7 Å². The predicted molar refractivity (Wildman–Crippen MR) is 75.3 cm³/mol. The predicted octanol–water partition coefficient (Wildman–Crippen LogP) is 4.79. The second-order valence-electron chi connectivity index (χ2n) is 3.87. The molecule has 0 radical (unpaired) electrons. The third kappa shape index (κ3) is 2.94. The summed E-state index contributed by atoms with van der Waals surface area (Å²) in [4.78, 5) is 1.39. The van der Waals surface area contributed by atoms with Crippen molar-refractivity contribution in [2.45, 2.75) is 22.8 Å². The fourth-order valence-corrected chi connectivity index (χ4v) is 3.18. The van der Waals surface area contributed by atoms with Crippen LogP contribution in [0.3, 0.4) is 0 Å². The molecule has 1 nitrogen and oxygen atoms in total. The van der Waals surface area contributed by atoms with Crippen LogP contribution in [-0.2, 0) is 0 Å². The quantitative estimate of drug-likeness (QED) is 0.874. The van der Waals surface area contributed by atoms with Gasteiger partial charge in [0.25, 0.3) is 0 Å². The van der Waals surface area contributed by atoms with Gasteiger partial charge in [-0.15, -0.1) is 0 Å². The van der Waals surface area contributed by atoms with Crippen LogP contribution in [0.2, 0.25) is 0 Å². The molecule has 0 heterocycles. The minimum absolute atomic E-state index is 0.311. The summed E-state index contributed by atoms with van der Waals surface area (Å²) < 4.78 is 14.8. The highest BCUT2D eigenvalue weighted by Crippen LogP contribution is 2.38. The van der Waals surface area contributed by atoms with Gasteiger partial charge in [-0.05, 0) is 46.6 Å². The molecule has 0 unspecified atom stereocenters. The van der Waals surface area contributed by atoms with E-state index in [1.165, 1.54) is 17.8 Å². The van der Waals surface area contributed by atoms with Crippen LogP contribution in [0, 0.1) is 5.82 Å². The monoisotopic (exact) mass is 326 g/mol. The van der Waals surface area contributed by atoms with Crippen LogP contribution in [0.1, 0.15) is 18.6 Å². The maximum atomic E-state index is 13.9. The summed E-state index contributed by atoms with van der Waals surface area (Å²) in [6, 6.07) is 12.4. The normalized spacial score (nSPS) is 12.4. The van der Waals surface area contributed by atoms with Crippen molar-refractivity contribution in [3.63, 3.8) is 0 Å². The van der Waals surface area contributed by atoms with E-state index in [0.717, 1.165) is 9.37 Å². The number of aliphatic hydroxyl groups excluding tert-OH is 1. The molecule has 0 aromatic heterocycles. The van der Waals surface area contributed by atoms with Crippen molar-refractivity contribution in [1.29, 1.82) is 0 Å². The van der Waals surface area contributed by atoms with Gasteiger partial charge in [0.1, 0.15) is 5.82 Å². The molecule has 0 saturated carbocycles. The lowest BCUT2D eigenvalue weighted by Gasteiger charge is -2.13. The SMILES string of the molecule is C[C@H](O)c1cccc(F)c1Sc1ccccc1Br. The largest absolute Gasteiger partial charge is 0.389 e. The zero-order valence-corrected chi connectivity index (χ0v) is 12.1. The second kappa shape index (κ2) is 5.87. The minimum atomic E-state index is -0.689. The lowest BCUT2D eigenvalue weighted by Crippen LogP contribution is -1.96. The Morgan fingerprint density at radius 1 is 1.17 bits per heavy atom. The molecule has 0 aliphatic carbocycles. The van der Waals surface area contributed by atoms with Gasteiger partial charge < -0.3 is 5.11 Å². The third-order valence-electron chi connectivity index (χ3n) is 2.50. The van der Waals surface area contributed by atoms with Gasteiger partial charge in [0.05, 0.1) is 11.0 Å². The van der Waals surface area contributed by atoms with Gasteiger partial charge >= 0.3 is 0 Å². The summed E-state index contributed by atoms with van der Waals surface area (Å²) in [6.07, 6.45) is -0.689. The van der Waals surface area contributed by atoms with Gasteiger partial charge in [-0.2, -0.15) is 0 Å². The van der Waals surface area contributed by atoms with Crippen molar-refractivity contribution in [3.05, 3.63) is 58.3 Å². The van der Waals surface area contributed by atoms with Crippen LogP contribution in [-0.4, -0.2) is 5.11 Å². The molecule has 0 spiro atoms. The van der Waals surface area contributed by atoms with E-state index < -0.39 is 6.10 Å². The average molecular weight is 327 g/mol. The van der Waals surface area contributed by atoms with E-state index in [2.05, 4.69) is 15.9 Å². The summed E-state index contributed by atoms with van der Waals surface area (Å²) in [6.45, 7) is 1.64. The van der Waals surface area contributed by atoms with Crippen molar-refractivity contribution in [1.82, 2.24) is 0 Å². The molecule has 0 aliphatic rings. The summed E-state index contributed by atoms with van der Waals surface area (Å²) >= 11 is 4.75. The Hall–Kier alpha value is -0.840. The first kappa shape index (κ1) is 13.6. The molecule has 2 rings (SSSR count). The molecule has 0 amide bonds. The topological polar surface area (TPSA) is 20.2 Å². The van der Waals surface area contributed by atoms with Gasteiger partial charge in [-0.1, -0.05) is 36.0 Å². The molecule has 2 aromatic carbocycles. The third-order valence-corrected chi connectivity index (χ3v) is 4.66. The Labute approximate surface area is 118 Å². The van der Waals surface area contributed by atoms with Gasteiger partial charge in [-0.25, -0.2) is 4.39 Å². The number of benzene rings is 2. The molecular weight excluding hydrogens is 315 g/mol. The Balaban J connectivity index is 2.43. The number of hydrogen-bond donors (Lipinski definition) is 1. The Morgan fingerprint density at radius 3 is 2.56 bits per heavy atom. The standard InChI is InChI=1S/C14H12BrFOS/c1-9(17)10-5-4-7-12(16)14(10)18-13-8-3-2-6-11(13)15/h2-9,17H,1H3/t9-/m0/s1. The smallest absolute Gasteiger partial charge is 0.137 e. The van der Waals surface area contributed by atoms with E-state index in [9.17, 15) is 9.50 Å². The van der Waals surface area contributed by atoms with Gasteiger partial charge in [-0.3, -0.25) is 0 Å². The molecule has 2 aromatic rings. The molecule has 0 aliphatic heterocycles. The zero-order valence-electron chi connectivity index (χ0n) is 9.73. The molecule has 94 valence electrons. The van der Waals surface area contributed by atoms with Crippen molar-refractivity contribution in [2.75, 3.05) is 0 Å². The van der Waals surface area contributed by atoms with Gasteiger partial charge in [0, 0.05) is 9.37 Å². The highest BCUT2D eigenvalue weighted by molar-refractivity contribution is 9.10. The number of rotatable bonds is 3. The summed E-state index contributed by atoms with van der Waals surface area (Å²) in [5.74, 6) is -0.311. The molecule has 0 saturated heterocycles. The molecule has 0 bridgehead atoms. The maximum Gasteiger partial charge on any atom is 0.137 e. The van der Waals surface area contributed by atoms with Crippen LogP contribution in [0.4, 0.5) is 4.39 Å². The van der Waals surface area contributed by atoms with Gasteiger partial charge in [0.2, 0.25) is 0 Å². The summed E-state index contributed by atoms with van der Waals surface area (Å²) in [5, 5.41) is 9.68. The van der Waals surface area contributed by atoms with Crippen molar-refractivity contribution in [2.24, 2.45) is 0 Å². The van der Waals surface area contributed by atoms with Gasteiger partial charge in [0.15, 0.2) is 0 Å². The maximum absolute atomic E-state index is 13.9. The highest BCUT2D eigenvalue weighted by Gasteiger charge is 2.14. The molecule has 18 heavy (non-hydrogen) atoms. The van der Waals surface area contributed by atoms with Crippen molar-refractivity contribution < 1.29 is 9.50 Å². The minimum Gasteiger partial charge on any atom is -0.389 e. The molecule has 0 fully saturated rings. The van der Waals surface area contributed by atoms with E-state index in [4.69, 9.17) is 0 Å². The Bertz CT molecular complexity index is 557. The summed E-state index contributed by atoms with van der Waals surface area (Å²) in [7, 11) is 0. The average Bonchev–Trinajstić information content (AvgIpc) is 2.34. The number of aliphatic hydroxyl groups is 1. The van der Waals surface area contributed by atoms with E-state index in [-0.39, 0.29) is 5.82 Å². The summed E-state index contributed by atoms with van der Waals surface area (Å²) in [5.41, 5.74) is 0.607. The molecule has 1 atom stereocenters. The second-order valence-corrected chi connectivity index (χ2v) is 5.77. The fraction of sp³-hybridized carbons (Fsp3) is 0.143. The highest BCUT2D eigenvalue weighted by atomic mass is 79.9. The van der Waals surface area contributed by atoms with E-state index in [0.29, 0.717) is 10.5 Å². The molecule has 4 heteroatoms. The van der Waals surface area contributed by atoms with Crippen LogP contribution in [0.15, 0.2) is 56.7 Å². The first-order valence-corrected chi connectivity index (χ1v) is 7.09. The van der Waals surface area contributed by atoms with E-state index in [1.54, 1.807) is 19.1 Å². The Kier molecular flexibility index (Phi) is 4.43. The first-order valence-electron chi connectivity index (χ1n) is 5.48. The number of hydrogen-bond acceptors (Lipinski definition) is 2. The fourth-order valence-electron chi connectivity index (χ4n) is 1.60. The van der Waals surface area contributed by atoms with E-state index in [1.807, 2.05) is 24.3 Å². The van der Waals surface area contributed by atoms with Crippen LogP contribution < -0.4 is 0 Å². The van der Waals surface area contributed by atoms with Crippen molar-refractivity contribution >= 4 is 27.7 Å². The lowest BCUT2D eigenvalue weighted by atomic mass is 10.1. The number of halogens is 2. The zero-order chi connectivity index (χ0) is 13.1. The molecule has 1 N–H and O–H groups in total. The van der Waals surface area contributed by atoms with Crippen molar-refractivity contribution in [3.8, 4) is 0 Å². The molecular formula is C14H12BrFOS. The Morgan fingerprint density at radius 2 is 1.89 bits per heavy atom. The van der Waals surface area contributed by atoms with Crippen LogP contribution in [0.25, 0.3) is 0 Å². The van der Waals surface area contributed by atoms with Crippen LogP contribution in [0.5, 0.6) is 0 Å². The lowest BCUT2D eigenvalue weighted by molar-refractivity contribution is 0.195.